The highest BCUT2D eigenvalue weighted by Gasteiger charge is 2.48. The fourth-order valence-corrected chi connectivity index (χ4v) is 5.12. The number of halogens is 2. The van der Waals surface area contributed by atoms with Crippen LogP contribution in [0.25, 0.3) is 16.7 Å². The van der Waals surface area contributed by atoms with Gasteiger partial charge in [0.1, 0.15) is 17.9 Å². The molecule has 2 aromatic heterocycles. The van der Waals surface area contributed by atoms with Crippen LogP contribution in [0, 0.1) is 18.6 Å². The van der Waals surface area contributed by atoms with Gasteiger partial charge in [0.15, 0.2) is 11.6 Å². The number of hydrogen-bond acceptors (Lipinski definition) is 4. The third-order valence-electron chi connectivity index (χ3n) is 6.95. The van der Waals surface area contributed by atoms with Crippen molar-refractivity contribution in [3.8, 4) is 11.6 Å². The van der Waals surface area contributed by atoms with Crippen LogP contribution in [-0.4, -0.2) is 25.6 Å². The Morgan fingerprint density at radius 3 is 2.86 bits per heavy atom. The molecular formula is C27H21F2N3O3. The average Bonchev–Trinajstić information content (AvgIpc) is 3.25. The lowest BCUT2D eigenvalue weighted by Gasteiger charge is -2.16. The maximum atomic E-state index is 14.8. The van der Waals surface area contributed by atoms with Crippen molar-refractivity contribution in [3.63, 3.8) is 0 Å². The van der Waals surface area contributed by atoms with E-state index in [1.54, 1.807) is 10.8 Å². The molecule has 0 spiro atoms. The Morgan fingerprint density at radius 2 is 2.09 bits per heavy atom. The quantitative estimate of drug-likeness (QED) is 0.417. The van der Waals surface area contributed by atoms with Gasteiger partial charge in [-0.1, -0.05) is 19.1 Å². The van der Waals surface area contributed by atoms with E-state index in [2.05, 4.69) is 9.97 Å². The number of hydrogen-bond donors (Lipinski definition) is 1. The summed E-state index contributed by atoms with van der Waals surface area (Å²) < 4.78 is 36.5. The number of carboxylic acids is 1. The molecule has 2 aromatic carbocycles. The standard InChI is InChI=1S/C27H21F2N3O3/c1-3-21-31-19-8-7-18(28)25(29)26(19)32(21)20-6-4-5-14(13(20)2)12-35-22-10-15-9-16-23(17(15)11-30-22)24(16)27(33)34/h4-8,10-11,23H,3,9,12H2,1-2H3,(H,33,34)/t23-/m1/s1. The van der Waals surface area contributed by atoms with Gasteiger partial charge in [0, 0.05) is 30.2 Å². The summed E-state index contributed by atoms with van der Waals surface area (Å²) >= 11 is 0. The molecular weight excluding hydrogens is 452 g/mol. The topological polar surface area (TPSA) is 77.2 Å². The largest absolute Gasteiger partial charge is 0.478 e. The van der Waals surface area contributed by atoms with E-state index < -0.39 is 17.6 Å². The predicted molar refractivity (Wildman–Crippen MR) is 125 cm³/mol. The molecule has 1 N–H and O–H groups in total. The SMILES string of the molecule is CCc1nc2ccc(F)c(F)c2n1-c1cccc(COc2cc3c(cn2)[C@H]2C(=C2C(=O)O)C3)c1C. The Bertz CT molecular complexity index is 1590. The number of benzene rings is 2. The lowest BCUT2D eigenvalue weighted by Crippen LogP contribution is -2.07. The number of imidazole rings is 1. The lowest BCUT2D eigenvalue weighted by atomic mass is 10.1. The summed E-state index contributed by atoms with van der Waals surface area (Å²) in [6, 6.07) is 10.1. The first-order chi connectivity index (χ1) is 16.9. The molecule has 0 radical (unpaired) electrons. The highest BCUT2D eigenvalue weighted by atomic mass is 19.2. The minimum atomic E-state index is -0.919. The van der Waals surface area contributed by atoms with Crippen molar-refractivity contribution >= 4 is 17.0 Å². The van der Waals surface area contributed by atoms with Gasteiger partial charge in [0.25, 0.3) is 0 Å². The van der Waals surface area contributed by atoms with Crippen molar-refractivity contribution in [1.29, 1.82) is 0 Å². The zero-order valence-corrected chi connectivity index (χ0v) is 19.1. The number of ether oxygens (including phenoxy) is 1. The van der Waals surface area contributed by atoms with Crippen molar-refractivity contribution in [2.75, 3.05) is 0 Å². The summed E-state index contributed by atoms with van der Waals surface area (Å²) in [5.74, 6) is -1.68. The Labute approximate surface area is 199 Å². The Morgan fingerprint density at radius 1 is 1.26 bits per heavy atom. The van der Waals surface area contributed by atoms with Gasteiger partial charge in [0.2, 0.25) is 5.88 Å². The van der Waals surface area contributed by atoms with Crippen molar-refractivity contribution in [3.05, 3.63) is 93.5 Å². The summed E-state index contributed by atoms with van der Waals surface area (Å²) in [5, 5.41) is 9.24. The molecule has 0 fully saturated rings. The number of nitrogens with zero attached hydrogens (tertiary/aromatic N) is 3. The minimum Gasteiger partial charge on any atom is -0.478 e. The maximum Gasteiger partial charge on any atom is 0.332 e. The predicted octanol–water partition coefficient (Wildman–Crippen LogP) is 5.18. The van der Waals surface area contributed by atoms with E-state index in [1.165, 1.54) is 6.07 Å². The summed E-state index contributed by atoms with van der Waals surface area (Å²) in [6.45, 7) is 4.08. The van der Waals surface area contributed by atoms with Crippen LogP contribution in [-0.2, 0) is 24.2 Å². The fourth-order valence-electron chi connectivity index (χ4n) is 5.12. The summed E-state index contributed by atoms with van der Waals surface area (Å²) in [6.07, 6.45) is 2.87. The second-order valence-electron chi connectivity index (χ2n) is 8.87. The van der Waals surface area contributed by atoms with E-state index in [0.29, 0.717) is 41.3 Å². The number of pyridine rings is 1. The van der Waals surface area contributed by atoms with Crippen LogP contribution in [0.5, 0.6) is 5.88 Å². The smallest absolute Gasteiger partial charge is 0.332 e. The highest BCUT2D eigenvalue weighted by Crippen LogP contribution is 2.56. The average molecular weight is 473 g/mol. The molecule has 6 nitrogen and oxygen atoms in total. The Balaban J connectivity index is 1.30. The molecule has 6 rings (SSSR count). The van der Waals surface area contributed by atoms with Crippen molar-refractivity contribution in [1.82, 2.24) is 14.5 Å². The van der Waals surface area contributed by atoms with Gasteiger partial charge >= 0.3 is 5.97 Å². The number of aryl methyl sites for hydroxylation is 1. The monoisotopic (exact) mass is 473 g/mol. The number of aromatic nitrogens is 3. The van der Waals surface area contributed by atoms with Crippen molar-refractivity contribution in [2.45, 2.75) is 39.2 Å². The number of carbonyl (C=O) groups is 1. The zero-order chi connectivity index (χ0) is 24.4. The van der Waals surface area contributed by atoms with E-state index in [4.69, 9.17) is 4.74 Å². The molecule has 0 unspecified atom stereocenters. The molecule has 2 aliphatic rings. The van der Waals surface area contributed by atoms with Crippen LogP contribution in [0.3, 0.4) is 0 Å². The molecule has 4 aromatic rings. The van der Waals surface area contributed by atoms with Gasteiger partial charge in [-0.05, 0) is 59.4 Å². The molecule has 0 aliphatic heterocycles. The van der Waals surface area contributed by atoms with E-state index in [-0.39, 0.29) is 18.0 Å². The summed E-state index contributed by atoms with van der Waals surface area (Å²) in [5.41, 5.74) is 6.42. The lowest BCUT2D eigenvalue weighted by molar-refractivity contribution is -0.132. The zero-order valence-electron chi connectivity index (χ0n) is 19.1. The second kappa shape index (κ2) is 7.73. The highest BCUT2D eigenvalue weighted by molar-refractivity contribution is 5.98. The van der Waals surface area contributed by atoms with Crippen LogP contribution in [0.1, 0.15) is 40.9 Å². The number of rotatable bonds is 6. The summed E-state index contributed by atoms with van der Waals surface area (Å²) in [7, 11) is 0. The van der Waals surface area contributed by atoms with E-state index in [1.807, 2.05) is 38.1 Å². The second-order valence-corrected chi connectivity index (χ2v) is 8.87. The van der Waals surface area contributed by atoms with Crippen LogP contribution in [0.15, 0.2) is 53.7 Å². The van der Waals surface area contributed by atoms with E-state index >= 15 is 0 Å². The first-order valence-electron chi connectivity index (χ1n) is 11.4. The molecule has 0 amide bonds. The minimum absolute atomic E-state index is 0.0917. The molecule has 176 valence electrons. The van der Waals surface area contributed by atoms with E-state index in [0.717, 1.165) is 33.9 Å². The van der Waals surface area contributed by atoms with Gasteiger partial charge in [-0.3, -0.25) is 4.57 Å². The molecule has 0 saturated heterocycles. The molecule has 2 heterocycles. The van der Waals surface area contributed by atoms with Gasteiger partial charge in [-0.25, -0.2) is 23.5 Å². The Hall–Kier alpha value is -4.07. The van der Waals surface area contributed by atoms with Gasteiger partial charge in [-0.2, -0.15) is 0 Å². The van der Waals surface area contributed by atoms with Gasteiger partial charge in [-0.15, -0.1) is 0 Å². The number of aliphatic carboxylic acids is 1. The third kappa shape index (κ3) is 3.24. The first kappa shape index (κ1) is 21.5. The van der Waals surface area contributed by atoms with E-state index in [9.17, 15) is 18.7 Å². The number of fused-ring (bicyclic) bond motifs is 4. The van der Waals surface area contributed by atoms with Crippen LogP contribution < -0.4 is 4.74 Å². The number of allylic oxidation sites excluding steroid dienone is 1. The normalized spacial score (nSPS) is 15.9. The van der Waals surface area contributed by atoms with Crippen molar-refractivity contribution < 1.29 is 23.4 Å². The summed E-state index contributed by atoms with van der Waals surface area (Å²) in [4.78, 5) is 20.1. The fraction of sp³-hybridized carbons (Fsp3) is 0.222. The van der Waals surface area contributed by atoms with Crippen LogP contribution >= 0.6 is 0 Å². The molecule has 0 saturated carbocycles. The maximum absolute atomic E-state index is 14.8. The van der Waals surface area contributed by atoms with Gasteiger partial charge in [0.05, 0.1) is 11.2 Å². The van der Waals surface area contributed by atoms with Crippen molar-refractivity contribution in [2.24, 2.45) is 0 Å². The van der Waals surface area contributed by atoms with Crippen LogP contribution in [0.4, 0.5) is 8.78 Å². The van der Waals surface area contributed by atoms with Gasteiger partial charge < -0.3 is 9.84 Å². The molecule has 8 heteroatoms. The molecule has 35 heavy (non-hydrogen) atoms. The van der Waals surface area contributed by atoms with Crippen LogP contribution in [0.2, 0.25) is 0 Å². The first-order valence-corrected chi connectivity index (χ1v) is 11.4. The molecule has 2 aliphatic carbocycles. The molecule has 0 bridgehead atoms. The molecule has 1 atom stereocenters. The Kier molecular flexibility index (Phi) is 4.74. The number of carboxylic acid groups (broad SMARTS) is 1. The third-order valence-corrected chi connectivity index (χ3v) is 6.95.